The van der Waals surface area contributed by atoms with Gasteiger partial charge in [-0.15, -0.1) is 0 Å². The van der Waals surface area contributed by atoms with Gasteiger partial charge in [0, 0.05) is 6.42 Å². The summed E-state index contributed by atoms with van der Waals surface area (Å²) in [6, 6.07) is 0. The number of carboxylic acids is 1. The SMILES string of the molecule is CC(CCC(=O)O)[C@H]1CC[C@@H]2[C@@H]3C(O)C[C@@H]4CC(O)CC[C@@]4(C)[C@H]3CC(O)[C@]12C. The van der Waals surface area contributed by atoms with Gasteiger partial charge >= 0.3 is 5.97 Å². The number of rotatable bonds is 4. The molecule has 0 aromatic carbocycles. The van der Waals surface area contributed by atoms with Crippen LogP contribution in [0.25, 0.3) is 0 Å². The lowest BCUT2D eigenvalue weighted by molar-refractivity contribution is -0.207. The normalized spacial score (nSPS) is 52.9. The third kappa shape index (κ3) is 3.27. The van der Waals surface area contributed by atoms with Crippen LogP contribution in [-0.4, -0.2) is 44.7 Å². The summed E-state index contributed by atoms with van der Waals surface area (Å²) < 4.78 is 0. The molecule has 0 heterocycles. The van der Waals surface area contributed by atoms with E-state index in [1.165, 1.54) is 0 Å². The van der Waals surface area contributed by atoms with Crippen molar-refractivity contribution in [1.82, 2.24) is 0 Å². The van der Waals surface area contributed by atoms with Crippen molar-refractivity contribution in [1.29, 1.82) is 0 Å². The van der Waals surface area contributed by atoms with Crippen LogP contribution in [0.2, 0.25) is 0 Å². The number of hydrogen-bond acceptors (Lipinski definition) is 4. The summed E-state index contributed by atoms with van der Waals surface area (Å²) in [5, 5.41) is 42.0. The molecule has 0 bridgehead atoms. The quantitative estimate of drug-likeness (QED) is 0.571. The molecule has 4 unspecified atom stereocenters. The molecule has 29 heavy (non-hydrogen) atoms. The van der Waals surface area contributed by atoms with Crippen LogP contribution in [-0.2, 0) is 4.79 Å². The monoisotopic (exact) mass is 408 g/mol. The predicted molar refractivity (Wildman–Crippen MR) is 110 cm³/mol. The van der Waals surface area contributed by atoms with E-state index >= 15 is 0 Å². The van der Waals surface area contributed by atoms with Gasteiger partial charge in [0.1, 0.15) is 0 Å². The Bertz CT molecular complexity index is 637. The molecule has 5 heteroatoms. The van der Waals surface area contributed by atoms with Crippen LogP contribution in [0.5, 0.6) is 0 Å². The minimum Gasteiger partial charge on any atom is -0.481 e. The largest absolute Gasteiger partial charge is 0.481 e. The molecule has 4 aliphatic carbocycles. The minimum atomic E-state index is -0.748. The van der Waals surface area contributed by atoms with Gasteiger partial charge < -0.3 is 20.4 Å². The topological polar surface area (TPSA) is 98.0 Å². The Morgan fingerprint density at radius 2 is 1.76 bits per heavy atom. The predicted octanol–water partition coefficient (Wildman–Crippen LogP) is 3.45. The molecule has 4 rings (SSSR count). The van der Waals surface area contributed by atoms with Crippen molar-refractivity contribution in [2.45, 2.75) is 96.9 Å². The first-order valence-electron chi connectivity index (χ1n) is 11.8. The van der Waals surface area contributed by atoms with Crippen LogP contribution in [0.4, 0.5) is 0 Å². The summed E-state index contributed by atoms with van der Waals surface area (Å²) in [6.07, 6.45) is 6.00. The van der Waals surface area contributed by atoms with Gasteiger partial charge in [-0.25, -0.2) is 0 Å². The molecule has 0 aromatic rings. The number of aliphatic hydroxyl groups is 3. The summed E-state index contributed by atoms with van der Waals surface area (Å²) >= 11 is 0. The first-order valence-corrected chi connectivity index (χ1v) is 11.8. The van der Waals surface area contributed by atoms with Gasteiger partial charge in [-0.3, -0.25) is 4.79 Å². The van der Waals surface area contributed by atoms with Crippen LogP contribution in [0.15, 0.2) is 0 Å². The standard InChI is InChI=1S/C24H40O5/c1-13(4-7-21(28)29)16-5-6-17-22-18(12-20(27)24(16,17)3)23(2)9-8-15(25)10-14(23)11-19(22)26/h13-20,22,25-27H,4-12H2,1-3H3,(H,28,29)/t13?,14-,15?,16+,17+,18-,19?,20?,22-,23+,24+/m0/s1. The number of carbonyl (C=O) groups is 1. The van der Waals surface area contributed by atoms with E-state index in [9.17, 15) is 20.1 Å². The summed E-state index contributed by atoms with van der Waals surface area (Å²) in [4.78, 5) is 11.1. The highest BCUT2D eigenvalue weighted by molar-refractivity contribution is 5.66. The lowest BCUT2D eigenvalue weighted by Gasteiger charge is -2.63. The Balaban J connectivity index is 1.61. The van der Waals surface area contributed by atoms with E-state index in [1.807, 2.05) is 0 Å². The van der Waals surface area contributed by atoms with Gasteiger partial charge in [0.05, 0.1) is 18.3 Å². The lowest BCUT2D eigenvalue weighted by Crippen LogP contribution is -2.62. The maximum Gasteiger partial charge on any atom is 0.303 e. The highest BCUT2D eigenvalue weighted by Crippen LogP contribution is 2.68. The molecule has 0 saturated heterocycles. The fourth-order valence-electron chi connectivity index (χ4n) is 8.68. The van der Waals surface area contributed by atoms with Gasteiger partial charge in [0.25, 0.3) is 0 Å². The van der Waals surface area contributed by atoms with E-state index in [2.05, 4.69) is 20.8 Å². The van der Waals surface area contributed by atoms with Crippen molar-refractivity contribution in [3.05, 3.63) is 0 Å². The third-order valence-electron chi connectivity index (χ3n) is 10.3. The van der Waals surface area contributed by atoms with Crippen molar-refractivity contribution in [2.24, 2.45) is 46.3 Å². The van der Waals surface area contributed by atoms with Crippen molar-refractivity contribution in [3.63, 3.8) is 0 Å². The Morgan fingerprint density at radius 3 is 2.45 bits per heavy atom. The van der Waals surface area contributed by atoms with E-state index in [0.717, 1.165) is 44.9 Å². The molecule has 4 N–H and O–H groups in total. The molecular weight excluding hydrogens is 368 g/mol. The van der Waals surface area contributed by atoms with Crippen molar-refractivity contribution in [2.75, 3.05) is 0 Å². The molecule has 0 spiro atoms. The zero-order valence-corrected chi connectivity index (χ0v) is 18.3. The van der Waals surface area contributed by atoms with Gasteiger partial charge in [0.15, 0.2) is 0 Å². The van der Waals surface area contributed by atoms with Gasteiger partial charge in [0.2, 0.25) is 0 Å². The third-order valence-corrected chi connectivity index (χ3v) is 10.3. The second-order valence-electron chi connectivity index (χ2n) is 11.4. The maximum atomic E-state index is 11.5. The first-order chi connectivity index (χ1) is 13.6. The molecule has 4 fully saturated rings. The second-order valence-corrected chi connectivity index (χ2v) is 11.4. The molecule has 0 radical (unpaired) electrons. The highest BCUT2D eigenvalue weighted by Gasteiger charge is 2.65. The molecule has 166 valence electrons. The fraction of sp³-hybridized carbons (Fsp3) is 0.958. The number of aliphatic carboxylic acids is 1. The Hall–Kier alpha value is -0.650. The second kappa shape index (κ2) is 7.49. The molecule has 5 nitrogen and oxygen atoms in total. The average Bonchev–Trinajstić information content (AvgIpc) is 3.01. The van der Waals surface area contributed by atoms with Crippen LogP contribution in [0.1, 0.15) is 78.6 Å². The zero-order valence-electron chi connectivity index (χ0n) is 18.3. The summed E-state index contributed by atoms with van der Waals surface area (Å²) in [5.41, 5.74) is -0.143. The van der Waals surface area contributed by atoms with E-state index in [0.29, 0.717) is 30.1 Å². The maximum absolute atomic E-state index is 11.5. The van der Waals surface area contributed by atoms with Crippen molar-refractivity contribution >= 4 is 5.97 Å². The van der Waals surface area contributed by atoms with Crippen LogP contribution >= 0.6 is 0 Å². The van der Waals surface area contributed by atoms with E-state index in [1.54, 1.807) is 0 Å². The molecule has 4 saturated carbocycles. The Kier molecular flexibility index (Phi) is 5.57. The van der Waals surface area contributed by atoms with Gasteiger partial charge in [-0.05, 0) is 97.7 Å². The molecule has 4 aliphatic rings. The van der Waals surface area contributed by atoms with E-state index < -0.39 is 12.1 Å². The fourth-order valence-corrected chi connectivity index (χ4v) is 8.68. The molecule has 11 atom stereocenters. The zero-order chi connectivity index (χ0) is 21.1. The Morgan fingerprint density at radius 1 is 1.03 bits per heavy atom. The van der Waals surface area contributed by atoms with Crippen LogP contribution in [0.3, 0.4) is 0 Å². The summed E-state index contributed by atoms with van der Waals surface area (Å²) in [6.45, 7) is 6.72. The highest BCUT2D eigenvalue weighted by atomic mass is 16.4. The Labute approximate surface area is 174 Å². The average molecular weight is 409 g/mol. The molecule has 0 aromatic heterocycles. The van der Waals surface area contributed by atoms with Crippen LogP contribution in [0, 0.1) is 46.3 Å². The molecule has 0 amide bonds. The summed E-state index contributed by atoms with van der Waals surface area (Å²) in [7, 11) is 0. The first kappa shape index (κ1) is 21.6. The smallest absolute Gasteiger partial charge is 0.303 e. The van der Waals surface area contributed by atoms with E-state index in [4.69, 9.17) is 5.11 Å². The van der Waals surface area contributed by atoms with Gasteiger partial charge in [-0.1, -0.05) is 20.8 Å². The van der Waals surface area contributed by atoms with E-state index in [-0.39, 0.29) is 41.3 Å². The lowest BCUT2D eigenvalue weighted by atomic mass is 9.43. The minimum absolute atomic E-state index is 0.0957. The van der Waals surface area contributed by atoms with Crippen molar-refractivity contribution in [3.8, 4) is 0 Å². The number of aliphatic hydroxyl groups excluding tert-OH is 3. The molecule has 0 aliphatic heterocycles. The van der Waals surface area contributed by atoms with Crippen LogP contribution < -0.4 is 0 Å². The number of hydrogen-bond donors (Lipinski definition) is 4. The van der Waals surface area contributed by atoms with Gasteiger partial charge in [-0.2, -0.15) is 0 Å². The summed E-state index contributed by atoms with van der Waals surface area (Å²) in [5.74, 6) is 0.997. The van der Waals surface area contributed by atoms with Crippen molar-refractivity contribution < 1.29 is 25.2 Å². The number of carboxylic acid groups (broad SMARTS) is 1. The number of fused-ring (bicyclic) bond motifs is 5. The molecular formula is C24H40O5.